The monoisotopic (exact) mass is 215 g/mol. The quantitative estimate of drug-likeness (QED) is 0.635. The van der Waals surface area contributed by atoms with E-state index in [2.05, 4.69) is 4.90 Å². The van der Waals surface area contributed by atoms with Gasteiger partial charge in [0.1, 0.15) is 0 Å². The lowest BCUT2D eigenvalue weighted by Crippen LogP contribution is -2.53. The van der Waals surface area contributed by atoms with Gasteiger partial charge in [0, 0.05) is 19.6 Å². The van der Waals surface area contributed by atoms with Gasteiger partial charge in [0.05, 0.1) is 18.8 Å². The summed E-state index contributed by atoms with van der Waals surface area (Å²) >= 11 is 0. The zero-order valence-electron chi connectivity index (χ0n) is 9.37. The van der Waals surface area contributed by atoms with E-state index in [1.807, 2.05) is 6.92 Å². The van der Waals surface area contributed by atoms with Crippen molar-refractivity contribution in [3.8, 4) is 0 Å². The van der Waals surface area contributed by atoms with Crippen LogP contribution in [0.25, 0.3) is 0 Å². The highest BCUT2D eigenvalue weighted by Crippen LogP contribution is 2.12. The molecule has 0 aromatic rings. The number of hydrogen-bond acceptors (Lipinski definition) is 4. The molecular formula is C10H21N3O2. The first-order chi connectivity index (χ1) is 7.08. The maximum Gasteiger partial charge on any atom is 0.237 e. The Morgan fingerprint density at radius 3 is 2.53 bits per heavy atom. The van der Waals surface area contributed by atoms with E-state index in [0.29, 0.717) is 12.8 Å². The van der Waals surface area contributed by atoms with E-state index in [1.54, 1.807) is 0 Å². The maximum absolute atomic E-state index is 11.2. The molecule has 5 nitrogen and oxygen atoms in total. The molecule has 1 aliphatic heterocycles. The minimum atomic E-state index is -0.849. The van der Waals surface area contributed by atoms with E-state index in [4.69, 9.17) is 16.2 Å². The molecule has 1 unspecified atom stereocenters. The minimum absolute atomic E-state index is 0.404. The lowest BCUT2D eigenvalue weighted by atomic mass is 9.92. The average Bonchev–Trinajstić information content (AvgIpc) is 2.27. The molecule has 0 aromatic carbocycles. The van der Waals surface area contributed by atoms with Crippen LogP contribution in [-0.4, -0.2) is 49.2 Å². The molecule has 88 valence electrons. The van der Waals surface area contributed by atoms with Crippen LogP contribution >= 0.6 is 0 Å². The van der Waals surface area contributed by atoms with Gasteiger partial charge in [0.15, 0.2) is 0 Å². The smallest absolute Gasteiger partial charge is 0.237 e. The van der Waals surface area contributed by atoms with Crippen LogP contribution in [0.2, 0.25) is 0 Å². The van der Waals surface area contributed by atoms with E-state index in [9.17, 15) is 4.79 Å². The Morgan fingerprint density at radius 2 is 2.07 bits per heavy atom. The van der Waals surface area contributed by atoms with E-state index in [1.165, 1.54) is 0 Å². The zero-order valence-corrected chi connectivity index (χ0v) is 9.37. The van der Waals surface area contributed by atoms with Gasteiger partial charge in [-0.3, -0.25) is 9.69 Å². The summed E-state index contributed by atoms with van der Waals surface area (Å²) in [5.74, 6) is -0.404. The topological polar surface area (TPSA) is 81.6 Å². The second-order valence-corrected chi connectivity index (χ2v) is 4.08. The molecule has 4 N–H and O–H groups in total. The van der Waals surface area contributed by atoms with Gasteiger partial charge in [-0.05, 0) is 12.8 Å². The summed E-state index contributed by atoms with van der Waals surface area (Å²) in [6, 6.07) is 0. The van der Waals surface area contributed by atoms with Crippen LogP contribution in [0.5, 0.6) is 0 Å². The molecule has 0 saturated carbocycles. The zero-order chi connectivity index (χ0) is 11.3. The van der Waals surface area contributed by atoms with Crippen molar-refractivity contribution in [2.24, 2.45) is 11.5 Å². The summed E-state index contributed by atoms with van der Waals surface area (Å²) in [7, 11) is 0. The fourth-order valence-corrected chi connectivity index (χ4v) is 1.66. The van der Waals surface area contributed by atoms with Crippen molar-refractivity contribution in [2.45, 2.75) is 25.3 Å². The molecule has 1 atom stereocenters. The van der Waals surface area contributed by atoms with Crippen molar-refractivity contribution in [3.05, 3.63) is 0 Å². The number of hydrogen-bond donors (Lipinski definition) is 2. The third kappa shape index (κ3) is 3.44. The average molecular weight is 215 g/mol. The van der Waals surface area contributed by atoms with Gasteiger partial charge in [0.2, 0.25) is 5.91 Å². The molecule has 5 heteroatoms. The summed E-state index contributed by atoms with van der Waals surface area (Å²) in [4.78, 5) is 13.4. The van der Waals surface area contributed by atoms with Crippen molar-refractivity contribution in [2.75, 3.05) is 32.8 Å². The van der Waals surface area contributed by atoms with Crippen LogP contribution in [0.15, 0.2) is 0 Å². The second-order valence-electron chi connectivity index (χ2n) is 4.08. The summed E-state index contributed by atoms with van der Waals surface area (Å²) in [5.41, 5.74) is 10.4. The van der Waals surface area contributed by atoms with Crippen LogP contribution in [0.3, 0.4) is 0 Å². The molecule has 0 radical (unpaired) electrons. The van der Waals surface area contributed by atoms with Gasteiger partial charge in [-0.15, -0.1) is 0 Å². The van der Waals surface area contributed by atoms with Crippen molar-refractivity contribution < 1.29 is 9.53 Å². The number of nitrogens with zero attached hydrogens (tertiary/aromatic N) is 1. The first-order valence-corrected chi connectivity index (χ1v) is 5.47. The molecule has 15 heavy (non-hydrogen) atoms. The minimum Gasteiger partial charge on any atom is -0.379 e. The van der Waals surface area contributed by atoms with Gasteiger partial charge in [-0.25, -0.2) is 0 Å². The molecule has 0 spiro atoms. The largest absolute Gasteiger partial charge is 0.379 e. The molecule has 0 aliphatic carbocycles. The predicted octanol–water partition coefficient (Wildman–Crippen LogP) is -0.698. The second kappa shape index (κ2) is 5.44. The summed E-state index contributed by atoms with van der Waals surface area (Å²) < 4.78 is 5.24. The molecular weight excluding hydrogens is 194 g/mol. The molecule has 1 heterocycles. The third-order valence-electron chi connectivity index (χ3n) is 3.10. The molecule has 1 amide bonds. The Labute approximate surface area is 90.7 Å². The first kappa shape index (κ1) is 12.4. The highest BCUT2D eigenvalue weighted by molar-refractivity contribution is 5.84. The predicted molar refractivity (Wildman–Crippen MR) is 58.3 cm³/mol. The number of primary amides is 1. The SMILES string of the molecule is CCC(N)(CCN1CCOCC1)C(N)=O. The van der Waals surface area contributed by atoms with Crippen LogP contribution in [-0.2, 0) is 9.53 Å². The highest BCUT2D eigenvalue weighted by Gasteiger charge is 2.30. The first-order valence-electron chi connectivity index (χ1n) is 5.47. The summed E-state index contributed by atoms with van der Waals surface area (Å²) in [6.07, 6.45) is 1.21. The highest BCUT2D eigenvalue weighted by atomic mass is 16.5. The third-order valence-corrected chi connectivity index (χ3v) is 3.10. The molecule has 1 fully saturated rings. The van der Waals surface area contributed by atoms with E-state index < -0.39 is 11.4 Å². The normalized spacial score (nSPS) is 22.3. The Kier molecular flexibility index (Phi) is 4.50. The Morgan fingerprint density at radius 1 is 1.47 bits per heavy atom. The van der Waals surface area contributed by atoms with E-state index in [-0.39, 0.29) is 0 Å². The van der Waals surface area contributed by atoms with Gasteiger partial charge >= 0.3 is 0 Å². The fraction of sp³-hybridized carbons (Fsp3) is 0.900. The van der Waals surface area contributed by atoms with Crippen molar-refractivity contribution >= 4 is 5.91 Å². The number of carbonyl (C=O) groups is 1. The number of ether oxygens (including phenoxy) is 1. The molecule has 1 saturated heterocycles. The van der Waals surface area contributed by atoms with Crippen molar-refractivity contribution in [3.63, 3.8) is 0 Å². The lowest BCUT2D eigenvalue weighted by Gasteiger charge is -2.31. The number of rotatable bonds is 5. The molecule has 1 aliphatic rings. The maximum atomic E-state index is 11.2. The summed E-state index contributed by atoms with van der Waals surface area (Å²) in [6.45, 7) is 6.07. The van der Waals surface area contributed by atoms with Crippen LogP contribution in [0.1, 0.15) is 19.8 Å². The van der Waals surface area contributed by atoms with Crippen LogP contribution in [0.4, 0.5) is 0 Å². The number of morpholine rings is 1. The Hall–Kier alpha value is -0.650. The number of amides is 1. The molecule has 0 aromatic heterocycles. The van der Waals surface area contributed by atoms with E-state index in [0.717, 1.165) is 32.8 Å². The summed E-state index contributed by atoms with van der Waals surface area (Å²) in [5, 5.41) is 0. The van der Waals surface area contributed by atoms with Crippen LogP contribution in [0, 0.1) is 0 Å². The van der Waals surface area contributed by atoms with Crippen molar-refractivity contribution in [1.29, 1.82) is 0 Å². The Balaban J connectivity index is 2.36. The standard InChI is InChI=1S/C10H21N3O2/c1-2-10(12,9(11)14)3-4-13-5-7-15-8-6-13/h2-8,12H2,1H3,(H2,11,14). The molecule has 1 rings (SSSR count). The lowest BCUT2D eigenvalue weighted by molar-refractivity contribution is -0.123. The fourth-order valence-electron chi connectivity index (χ4n) is 1.66. The van der Waals surface area contributed by atoms with Gasteiger partial charge in [0.25, 0.3) is 0 Å². The van der Waals surface area contributed by atoms with Crippen molar-refractivity contribution in [1.82, 2.24) is 4.90 Å². The van der Waals surface area contributed by atoms with Crippen LogP contribution < -0.4 is 11.5 Å². The Bertz CT molecular complexity index is 217. The van der Waals surface area contributed by atoms with Gasteiger partial charge < -0.3 is 16.2 Å². The number of nitrogens with two attached hydrogens (primary N) is 2. The van der Waals surface area contributed by atoms with E-state index >= 15 is 0 Å². The van der Waals surface area contributed by atoms with Gasteiger partial charge in [-0.1, -0.05) is 6.92 Å². The number of carbonyl (C=O) groups excluding carboxylic acids is 1. The van der Waals surface area contributed by atoms with Gasteiger partial charge in [-0.2, -0.15) is 0 Å². The molecule has 0 bridgehead atoms.